The van der Waals surface area contributed by atoms with Crippen molar-refractivity contribution in [2.75, 3.05) is 46.1 Å². The minimum atomic E-state index is -0.539. The summed E-state index contributed by atoms with van der Waals surface area (Å²) in [7, 11) is 0. The Morgan fingerprint density at radius 1 is 1.14 bits per heavy atom. The number of rotatable bonds is 15. The third-order valence-corrected chi connectivity index (χ3v) is 2.74. The van der Waals surface area contributed by atoms with Gasteiger partial charge in [0.05, 0.1) is 32.5 Å². The summed E-state index contributed by atoms with van der Waals surface area (Å²) < 4.78 is 15.5. The van der Waals surface area contributed by atoms with Crippen LogP contribution in [0.1, 0.15) is 39.5 Å². The SMILES string of the molecule is CCCCOCCOCC(O)CNCCCC(=O)OCC. The second kappa shape index (κ2) is 15.7. The highest BCUT2D eigenvalue weighted by Crippen LogP contribution is 1.92. The van der Waals surface area contributed by atoms with Gasteiger partial charge in [-0.2, -0.15) is 0 Å². The summed E-state index contributed by atoms with van der Waals surface area (Å²) in [6, 6.07) is 0. The number of aliphatic hydroxyl groups excluding tert-OH is 1. The van der Waals surface area contributed by atoms with E-state index in [9.17, 15) is 9.90 Å². The number of carbonyl (C=O) groups is 1. The van der Waals surface area contributed by atoms with Gasteiger partial charge < -0.3 is 24.6 Å². The van der Waals surface area contributed by atoms with Gasteiger partial charge >= 0.3 is 5.97 Å². The summed E-state index contributed by atoms with van der Waals surface area (Å²) in [5.41, 5.74) is 0. The van der Waals surface area contributed by atoms with Gasteiger partial charge in [0.15, 0.2) is 0 Å². The van der Waals surface area contributed by atoms with E-state index in [2.05, 4.69) is 12.2 Å². The lowest BCUT2D eigenvalue weighted by Crippen LogP contribution is -2.31. The number of carbonyl (C=O) groups excluding carboxylic acids is 1. The minimum Gasteiger partial charge on any atom is -0.466 e. The van der Waals surface area contributed by atoms with Crippen LogP contribution in [0.3, 0.4) is 0 Å². The van der Waals surface area contributed by atoms with E-state index in [0.717, 1.165) is 19.4 Å². The standard InChI is InChI=1S/C15H31NO5/c1-3-5-9-19-10-11-20-13-14(17)12-16-8-6-7-15(18)21-4-2/h14,16-17H,3-13H2,1-2H3. The first-order valence-electron chi connectivity index (χ1n) is 7.90. The lowest BCUT2D eigenvalue weighted by molar-refractivity contribution is -0.143. The van der Waals surface area contributed by atoms with Crippen molar-refractivity contribution in [1.29, 1.82) is 0 Å². The summed E-state index contributed by atoms with van der Waals surface area (Å²) >= 11 is 0. The van der Waals surface area contributed by atoms with Crippen LogP contribution >= 0.6 is 0 Å². The Balaban J connectivity index is 3.23. The van der Waals surface area contributed by atoms with Crippen molar-refractivity contribution < 1.29 is 24.1 Å². The van der Waals surface area contributed by atoms with Gasteiger partial charge in [-0.15, -0.1) is 0 Å². The van der Waals surface area contributed by atoms with E-state index in [0.29, 0.717) is 52.4 Å². The Labute approximate surface area is 128 Å². The molecule has 0 saturated carbocycles. The van der Waals surface area contributed by atoms with Crippen molar-refractivity contribution in [2.45, 2.75) is 45.6 Å². The van der Waals surface area contributed by atoms with Gasteiger partial charge in [-0.25, -0.2) is 0 Å². The van der Waals surface area contributed by atoms with Gasteiger partial charge in [-0.3, -0.25) is 4.79 Å². The molecule has 0 rings (SSSR count). The fraction of sp³-hybridized carbons (Fsp3) is 0.933. The second-order valence-electron chi connectivity index (χ2n) is 4.81. The topological polar surface area (TPSA) is 77.0 Å². The van der Waals surface area contributed by atoms with Gasteiger partial charge in [-0.05, 0) is 26.3 Å². The highest BCUT2D eigenvalue weighted by atomic mass is 16.5. The second-order valence-corrected chi connectivity index (χ2v) is 4.81. The van der Waals surface area contributed by atoms with Gasteiger partial charge in [0.2, 0.25) is 0 Å². The molecule has 0 aromatic carbocycles. The number of unbranched alkanes of at least 4 members (excludes halogenated alkanes) is 1. The van der Waals surface area contributed by atoms with Crippen LogP contribution in [0.25, 0.3) is 0 Å². The van der Waals surface area contributed by atoms with Crippen LogP contribution in [0.2, 0.25) is 0 Å². The zero-order chi connectivity index (χ0) is 15.8. The van der Waals surface area contributed by atoms with Crippen LogP contribution < -0.4 is 5.32 Å². The van der Waals surface area contributed by atoms with Gasteiger partial charge in [0, 0.05) is 19.6 Å². The molecule has 1 unspecified atom stereocenters. The molecule has 0 aliphatic carbocycles. The quantitative estimate of drug-likeness (QED) is 0.349. The van der Waals surface area contributed by atoms with Gasteiger partial charge in [-0.1, -0.05) is 13.3 Å². The van der Waals surface area contributed by atoms with Gasteiger partial charge in [0.25, 0.3) is 0 Å². The molecule has 0 spiro atoms. The summed E-state index contributed by atoms with van der Waals surface area (Å²) in [6.07, 6.45) is 2.77. The molecular formula is C15H31NO5. The van der Waals surface area contributed by atoms with E-state index < -0.39 is 6.10 Å². The first-order valence-corrected chi connectivity index (χ1v) is 7.90. The molecule has 1 atom stereocenters. The molecule has 6 nitrogen and oxygen atoms in total. The Kier molecular flexibility index (Phi) is 15.2. The number of hydrogen-bond donors (Lipinski definition) is 2. The zero-order valence-corrected chi connectivity index (χ0v) is 13.4. The van der Waals surface area contributed by atoms with Crippen molar-refractivity contribution >= 4 is 5.97 Å². The van der Waals surface area contributed by atoms with E-state index in [1.807, 2.05) is 0 Å². The fourth-order valence-corrected chi connectivity index (χ4v) is 1.60. The maximum atomic E-state index is 11.1. The van der Waals surface area contributed by atoms with E-state index >= 15 is 0 Å². The van der Waals surface area contributed by atoms with Crippen LogP contribution in [0.4, 0.5) is 0 Å². The largest absolute Gasteiger partial charge is 0.466 e. The van der Waals surface area contributed by atoms with Crippen molar-refractivity contribution in [2.24, 2.45) is 0 Å². The Bertz CT molecular complexity index is 238. The molecule has 0 aromatic rings. The highest BCUT2D eigenvalue weighted by Gasteiger charge is 2.04. The first-order chi connectivity index (χ1) is 10.2. The predicted octanol–water partition coefficient (Wildman–Crippen LogP) is 1.11. The molecule has 0 heterocycles. The normalized spacial score (nSPS) is 12.3. The first kappa shape index (κ1) is 20.3. The lowest BCUT2D eigenvalue weighted by atomic mass is 10.3. The number of ether oxygens (including phenoxy) is 3. The number of esters is 1. The molecule has 0 amide bonds. The van der Waals surface area contributed by atoms with Crippen LogP contribution in [-0.4, -0.2) is 63.3 Å². The summed E-state index contributed by atoms with van der Waals surface area (Å²) in [5.74, 6) is -0.175. The monoisotopic (exact) mass is 305 g/mol. The molecule has 2 N–H and O–H groups in total. The molecule has 126 valence electrons. The fourth-order valence-electron chi connectivity index (χ4n) is 1.60. The molecule has 0 bridgehead atoms. The van der Waals surface area contributed by atoms with Crippen LogP contribution in [0, 0.1) is 0 Å². The van der Waals surface area contributed by atoms with E-state index in [1.54, 1.807) is 6.92 Å². The number of nitrogens with one attached hydrogen (secondary N) is 1. The average Bonchev–Trinajstić information content (AvgIpc) is 2.46. The molecule has 0 aliphatic heterocycles. The molecule has 0 aromatic heterocycles. The Morgan fingerprint density at radius 2 is 1.90 bits per heavy atom. The zero-order valence-electron chi connectivity index (χ0n) is 13.4. The predicted molar refractivity (Wildman–Crippen MR) is 81.3 cm³/mol. The lowest BCUT2D eigenvalue weighted by Gasteiger charge is -2.12. The number of aliphatic hydroxyl groups is 1. The maximum Gasteiger partial charge on any atom is 0.305 e. The van der Waals surface area contributed by atoms with Crippen LogP contribution in [-0.2, 0) is 19.0 Å². The van der Waals surface area contributed by atoms with E-state index in [-0.39, 0.29) is 5.97 Å². The van der Waals surface area contributed by atoms with Crippen LogP contribution in [0.15, 0.2) is 0 Å². The molecule has 21 heavy (non-hydrogen) atoms. The Hall–Kier alpha value is -0.690. The van der Waals surface area contributed by atoms with Crippen molar-refractivity contribution in [3.05, 3.63) is 0 Å². The molecule has 0 radical (unpaired) electrons. The average molecular weight is 305 g/mol. The number of hydrogen-bond acceptors (Lipinski definition) is 6. The molecule has 6 heteroatoms. The highest BCUT2D eigenvalue weighted by molar-refractivity contribution is 5.69. The Morgan fingerprint density at radius 3 is 2.62 bits per heavy atom. The van der Waals surface area contributed by atoms with Crippen molar-refractivity contribution in [3.8, 4) is 0 Å². The summed E-state index contributed by atoms with van der Waals surface area (Å²) in [5, 5.41) is 12.7. The van der Waals surface area contributed by atoms with E-state index in [1.165, 1.54) is 0 Å². The maximum absolute atomic E-state index is 11.1. The molecule has 0 saturated heterocycles. The third kappa shape index (κ3) is 15.5. The summed E-state index contributed by atoms with van der Waals surface area (Å²) in [4.78, 5) is 11.1. The minimum absolute atomic E-state index is 0.175. The van der Waals surface area contributed by atoms with Crippen molar-refractivity contribution in [1.82, 2.24) is 5.32 Å². The summed E-state index contributed by atoms with van der Waals surface area (Å²) in [6.45, 7) is 7.60. The van der Waals surface area contributed by atoms with Gasteiger partial charge in [0.1, 0.15) is 0 Å². The molecular weight excluding hydrogens is 274 g/mol. The molecule has 0 fully saturated rings. The smallest absolute Gasteiger partial charge is 0.305 e. The third-order valence-electron chi connectivity index (χ3n) is 2.74. The van der Waals surface area contributed by atoms with Crippen LogP contribution in [0.5, 0.6) is 0 Å². The van der Waals surface area contributed by atoms with Crippen molar-refractivity contribution in [3.63, 3.8) is 0 Å². The molecule has 0 aliphatic rings. The van der Waals surface area contributed by atoms with E-state index in [4.69, 9.17) is 14.2 Å².